The molecule has 2 aliphatic rings. The SMILES string of the molecule is CC(=O)Oc1ccc(C=CC2=C(C(=O)O)N3C(=O)[C@@H](NC(=O)/C(=N\OC(C)(C)C(=O)O)c4csc(N)n4)[C@H]3SC2)cc1OC(C)=O. The number of allylic oxidation sites excluding steroid dienone is 1. The number of ether oxygens (including phenoxy) is 2. The molecule has 4 rings (SSSR count). The molecule has 16 nitrogen and oxygen atoms in total. The number of nitrogens with one attached hydrogen (secondary N) is 1. The Morgan fingerprint density at radius 2 is 1.78 bits per heavy atom. The van der Waals surface area contributed by atoms with Crippen LogP contribution >= 0.6 is 23.1 Å². The van der Waals surface area contributed by atoms with Crippen molar-refractivity contribution >= 4 is 75.7 Å². The van der Waals surface area contributed by atoms with Crippen LogP contribution in [-0.4, -0.2) is 84.3 Å². The van der Waals surface area contributed by atoms with Gasteiger partial charge in [0, 0.05) is 25.0 Å². The zero-order valence-electron chi connectivity index (χ0n) is 24.6. The zero-order valence-corrected chi connectivity index (χ0v) is 26.3. The lowest BCUT2D eigenvalue weighted by Crippen LogP contribution is -2.71. The van der Waals surface area contributed by atoms with Crippen molar-refractivity contribution in [1.82, 2.24) is 15.2 Å². The van der Waals surface area contributed by atoms with E-state index in [-0.39, 0.29) is 39.3 Å². The highest BCUT2D eigenvalue weighted by Gasteiger charge is 2.54. The van der Waals surface area contributed by atoms with Gasteiger partial charge in [-0.05, 0) is 37.1 Å². The fraction of sp³-hybridized carbons (Fsp3) is 0.286. The Morgan fingerprint density at radius 3 is 2.37 bits per heavy atom. The molecule has 1 saturated heterocycles. The summed E-state index contributed by atoms with van der Waals surface area (Å²) in [6.45, 7) is 4.81. The molecule has 5 N–H and O–H groups in total. The van der Waals surface area contributed by atoms with Gasteiger partial charge in [0.25, 0.3) is 11.8 Å². The molecule has 1 aromatic carbocycles. The number of nitrogens with two attached hydrogens (primary N) is 1. The smallest absolute Gasteiger partial charge is 0.352 e. The molecule has 0 bridgehead atoms. The van der Waals surface area contributed by atoms with Gasteiger partial charge in [0.05, 0.1) is 0 Å². The van der Waals surface area contributed by atoms with Crippen LogP contribution in [0.5, 0.6) is 11.5 Å². The normalized spacial score (nSPS) is 18.0. The van der Waals surface area contributed by atoms with Gasteiger partial charge in [-0.1, -0.05) is 23.4 Å². The first-order valence-electron chi connectivity index (χ1n) is 13.2. The molecule has 2 atom stereocenters. The molecule has 18 heteroatoms. The maximum atomic E-state index is 13.3. The summed E-state index contributed by atoms with van der Waals surface area (Å²) < 4.78 is 10.2. The number of hydrogen-bond acceptors (Lipinski definition) is 14. The van der Waals surface area contributed by atoms with E-state index in [0.717, 1.165) is 16.2 Å². The number of oxime groups is 1. The molecule has 0 aliphatic carbocycles. The van der Waals surface area contributed by atoms with Crippen LogP contribution in [0.2, 0.25) is 0 Å². The molecule has 2 aromatic rings. The van der Waals surface area contributed by atoms with E-state index in [1.807, 2.05) is 0 Å². The Hall–Kier alpha value is -5.23. The molecule has 3 heterocycles. The number of hydrogen-bond donors (Lipinski definition) is 4. The zero-order chi connectivity index (χ0) is 33.9. The van der Waals surface area contributed by atoms with Crippen molar-refractivity contribution < 1.29 is 53.3 Å². The van der Waals surface area contributed by atoms with Crippen molar-refractivity contribution in [3.05, 3.63) is 52.2 Å². The lowest BCUT2D eigenvalue weighted by Gasteiger charge is -2.49. The number of carbonyl (C=O) groups is 6. The van der Waals surface area contributed by atoms with Crippen molar-refractivity contribution in [2.24, 2.45) is 5.16 Å². The molecule has 0 unspecified atom stereocenters. The molecule has 0 radical (unpaired) electrons. The summed E-state index contributed by atoms with van der Waals surface area (Å²) in [5, 5.41) is 26.3. The van der Waals surface area contributed by atoms with Gasteiger partial charge in [-0.25, -0.2) is 14.6 Å². The topological polar surface area (TPSA) is 237 Å². The molecule has 46 heavy (non-hydrogen) atoms. The lowest BCUT2D eigenvalue weighted by atomic mass is 10.0. The molecule has 1 aromatic heterocycles. The molecular weight excluding hydrogens is 646 g/mol. The Bertz CT molecular complexity index is 1730. The summed E-state index contributed by atoms with van der Waals surface area (Å²) in [5.41, 5.74) is 3.90. The van der Waals surface area contributed by atoms with Crippen LogP contribution in [0.3, 0.4) is 0 Å². The molecule has 2 aliphatic heterocycles. The average molecular weight is 674 g/mol. The van der Waals surface area contributed by atoms with E-state index in [9.17, 15) is 39.0 Å². The van der Waals surface area contributed by atoms with Crippen molar-refractivity contribution in [2.75, 3.05) is 11.5 Å². The minimum Gasteiger partial charge on any atom is -0.478 e. The predicted octanol–water partition coefficient (Wildman–Crippen LogP) is 1.61. The number of carboxylic acids is 2. The second kappa shape index (κ2) is 13.4. The average Bonchev–Trinajstić information content (AvgIpc) is 3.40. The number of thiazole rings is 1. The van der Waals surface area contributed by atoms with Gasteiger partial charge in [-0.3, -0.25) is 24.1 Å². The second-order valence-electron chi connectivity index (χ2n) is 10.2. The van der Waals surface area contributed by atoms with E-state index in [1.165, 1.54) is 69.1 Å². The highest BCUT2D eigenvalue weighted by atomic mass is 32.2. The summed E-state index contributed by atoms with van der Waals surface area (Å²) in [6.07, 6.45) is 3.03. The summed E-state index contributed by atoms with van der Waals surface area (Å²) in [7, 11) is 0. The minimum absolute atomic E-state index is 0.0163. The maximum absolute atomic E-state index is 13.3. The second-order valence-corrected chi connectivity index (χ2v) is 12.2. The maximum Gasteiger partial charge on any atom is 0.352 e. The number of nitrogen functional groups attached to an aromatic ring is 1. The molecular formula is C28H27N5O11S2. The van der Waals surface area contributed by atoms with Gasteiger partial charge in [-0.2, -0.15) is 0 Å². The highest BCUT2D eigenvalue weighted by Crippen LogP contribution is 2.41. The number of carbonyl (C=O) groups excluding carboxylic acids is 4. The van der Waals surface area contributed by atoms with Gasteiger partial charge in [0.15, 0.2) is 22.3 Å². The fourth-order valence-electron chi connectivity index (χ4n) is 4.08. The molecule has 1 fully saturated rings. The number of rotatable bonds is 11. The van der Waals surface area contributed by atoms with E-state index in [0.29, 0.717) is 5.56 Å². The van der Waals surface area contributed by atoms with Crippen molar-refractivity contribution in [2.45, 2.75) is 44.7 Å². The number of esters is 2. The number of fused-ring (bicyclic) bond motifs is 1. The van der Waals surface area contributed by atoms with Crippen LogP contribution in [-0.2, 0) is 33.6 Å². The minimum atomic E-state index is -1.80. The Labute approximate surface area is 268 Å². The lowest BCUT2D eigenvalue weighted by molar-refractivity contribution is -0.161. The number of thioether (sulfide) groups is 1. The van der Waals surface area contributed by atoms with E-state index in [4.69, 9.17) is 20.0 Å². The van der Waals surface area contributed by atoms with Crippen LogP contribution in [0, 0.1) is 0 Å². The van der Waals surface area contributed by atoms with Gasteiger partial charge in [-0.15, -0.1) is 23.1 Å². The molecule has 0 spiro atoms. The van der Waals surface area contributed by atoms with E-state index in [1.54, 1.807) is 6.07 Å². The number of carboxylic acid groups (broad SMARTS) is 2. The van der Waals surface area contributed by atoms with Crippen LogP contribution in [0.4, 0.5) is 5.13 Å². The first-order valence-corrected chi connectivity index (χ1v) is 15.1. The van der Waals surface area contributed by atoms with E-state index in [2.05, 4.69) is 15.5 Å². The first kappa shape index (κ1) is 33.7. The van der Waals surface area contributed by atoms with Gasteiger partial charge in [0.1, 0.15) is 22.8 Å². The standard InChI is InChI=1S/C28H27N5O11S2/c1-12(34)42-17-8-6-14(9-18(17)43-13(2)35)5-7-15-10-45-24-20(23(37)33(24)21(15)25(38)39)31-22(36)19(16-11-46-27(29)30-16)32-44-28(3,4)26(40)41/h5-9,11,20,24H,10H2,1-4H3,(H2,29,30)(H,31,36)(H,38,39)(H,40,41)/b7-5?,32-19-/t20-,24-/m1/s1. The van der Waals surface area contributed by atoms with Crippen LogP contribution in [0.25, 0.3) is 6.08 Å². The number of aromatic nitrogens is 1. The number of amides is 2. The number of β-lactam (4-membered cyclic amide) rings is 1. The Balaban J connectivity index is 1.56. The predicted molar refractivity (Wildman–Crippen MR) is 164 cm³/mol. The van der Waals surface area contributed by atoms with Crippen molar-refractivity contribution in [3.8, 4) is 11.5 Å². The molecule has 0 saturated carbocycles. The third-order valence-corrected chi connectivity index (χ3v) is 8.27. The Morgan fingerprint density at radius 1 is 1.11 bits per heavy atom. The van der Waals surface area contributed by atoms with Gasteiger partial charge < -0.3 is 35.6 Å². The third kappa shape index (κ3) is 7.35. The summed E-state index contributed by atoms with van der Waals surface area (Å²) >= 11 is 2.19. The molecule has 242 valence electrons. The number of anilines is 1. The number of nitrogens with zero attached hydrogens (tertiary/aromatic N) is 3. The summed E-state index contributed by atoms with van der Waals surface area (Å²) in [6, 6.07) is 3.24. The van der Waals surface area contributed by atoms with Crippen molar-refractivity contribution in [1.29, 1.82) is 0 Å². The quantitative estimate of drug-likeness (QED) is 0.0872. The summed E-state index contributed by atoms with van der Waals surface area (Å²) in [5.74, 6) is -5.49. The first-order chi connectivity index (χ1) is 21.6. The van der Waals surface area contributed by atoms with E-state index >= 15 is 0 Å². The summed E-state index contributed by atoms with van der Waals surface area (Å²) in [4.78, 5) is 83.3. The Kier molecular flexibility index (Phi) is 9.81. The third-order valence-electron chi connectivity index (χ3n) is 6.30. The number of aliphatic carboxylic acids is 2. The van der Waals surface area contributed by atoms with Crippen LogP contribution in [0.15, 0.2) is 46.1 Å². The largest absolute Gasteiger partial charge is 0.478 e. The number of benzene rings is 1. The van der Waals surface area contributed by atoms with Gasteiger partial charge >= 0.3 is 23.9 Å². The van der Waals surface area contributed by atoms with E-state index < -0.39 is 58.4 Å². The van der Waals surface area contributed by atoms with Crippen LogP contribution in [0.1, 0.15) is 39.0 Å². The fourth-order valence-corrected chi connectivity index (χ4v) is 5.95. The monoisotopic (exact) mass is 673 g/mol. The molecule has 2 amide bonds. The van der Waals surface area contributed by atoms with Gasteiger partial charge in [0.2, 0.25) is 5.60 Å². The van der Waals surface area contributed by atoms with Crippen LogP contribution < -0.4 is 20.5 Å². The highest BCUT2D eigenvalue weighted by molar-refractivity contribution is 8.00. The van der Waals surface area contributed by atoms with Crippen molar-refractivity contribution in [3.63, 3.8) is 0 Å².